The minimum atomic E-state index is -0.310. The zero-order valence-electron chi connectivity index (χ0n) is 12.1. The van der Waals surface area contributed by atoms with Crippen LogP contribution in [0.15, 0.2) is 47.6 Å². The van der Waals surface area contributed by atoms with E-state index in [-0.39, 0.29) is 24.0 Å². The molecule has 2 aromatic rings. The molecule has 0 unspecified atom stereocenters. The van der Waals surface area contributed by atoms with Gasteiger partial charge in [0.15, 0.2) is 0 Å². The van der Waals surface area contributed by atoms with Crippen LogP contribution in [-0.2, 0) is 4.79 Å². The summed E-state index contributed by atoms with van der Waals surface area (Å²) in [5.74, 6) is -0.466. The Morgan fingerprint density at radius 3 is 2.59 bits per heavy atom. The van der Waals surface area contributed by atoms with Crippen molar-refractivity contribution >= 4 is 17.8 Å². The Morgan fingerprint density at radius 2 is 1.91 bits per heavy atom. The molecule has 0 heterocycles. The Labute approximate surface area is 128 Å². The molecule has 4 N–H and O–H groups in total. The van der Waals surface area contributed by atoms with Gasteiger partial charge in [-0.3, -0.25) is 4.79 Å². The topological polar surface area (TPSA) is 94.0 Å². The number of nitrogens with one attached hydrogen (secondary N) is 2. The van der Waals surface area contributed by atoms with E-state index in [1.807, 2.05) is 31.2 Å². The second-order valence-electron chi connectivity index (χ2n) is 4.76. The van der Waals surface area contributed by atoms with E-state index in [0.717, 1.165) is 11.3 Å². The molecule has 0 saturated carbocycles. The molecule has 2 rings (SSSR count). The fraction of sp³-hybridized carbons (Fsp3) is 0.125. The second kappa shape index (κ2) is 7.12. The van der Waals surface area contributed by atoms with Gasteiger partial charge in [0.05, 0.1) is 12.8 Å². The molecule has 0 atom stereocenters. The van der Waals surface area contributed by atoms with Gasteiger partial charge in [-0.25, -0.2) is 5.43 Å². The van der Waals surface area contributed by atoms with Gasteiger partial charge < -0.3 is 15.5 Å². The average molecular weight is 299 g/mol. The van der Waals surface area contributed by atoms with Crippen molar-refractivity contribution in [2.24, 2.45) is 5.10 Å². The van der Waals surface area contributed by atoms with E-state index < -0.39 is 0 Å². The number of phenolic OH excluding ortho intramolecular Hbond substituents is 2. The summed E-state index contributed by atoms with van der Waals surface area (Å²) in [6.45, 7) is 2.08. The number of phenols is 2. The highest BCUT2D eigenvalue weighted by atomic mass is 16.3. The Balaban J connectivity index is 1.82. The number of benzene rings is 2. The summed E-state index contributed by atoms with van der Waals surface area (Å²) in [6.07, 6.45) is 1.30. The van der Waals surface area contributed by atoms with E-state index >= 15 is 0 Å². The number of carbonyl (C=O) groups is 1. The van der Waals surface area contributed by atoms with Crippen molar-refractivity contribution in [3.8, 4) is 11.5 Å². The van der Waals surface area contributed by atoms with E-state index in [9.17, 15) is 9.90 Å². The van der Waals surface area contributed by atoms with Crippen LogP contribution >= 0.6 is 0 Å². The molecule has 6 nitrogen and oxygen atoms in total. The number of rotatable bonds is 5. The van der Waals surface area contributed by atoms with Crippen molar-refractivity contribution in [3.05, 3.63) is 53.6 Å². The molecule has 0 fully saturated rings. The van der Waals surface area contributed by atoms with Gasteiger partial charge in [0, 0.05) is 17.3 Å². The van der Waals surface area contributed by atoms with Gasteiger partial charge >= 0.3 is 0 Å². The summed E-state index contributed by atoms with van der Waals surface area (Å²) < 4.78 is 0. The molecule has 0 radical (unpaired) electrons. The Kier molecular flexibility index (Phi) is 4.98. The van der Waals surface area contributed by atoms with Gasteiger partial charge in [-0.15, -0.1) is 0 Å². The molecule has 2 aromatic carbocycles. The maximum Gasteiger partial charge on any atom is 0.259 e. The molecule has 1 amide bonds. The first-order valence-corrected chi connectivity index (χ1v) is 6.69. The van der Waals surface area contributed by atoms with Crippen LogP contribution in [0.3, 0.4) is 0 Å². The molecule has 22 heavy (non-hydrogen) atoms. The zero-order chi connectivity index (χ0) is 15.9. The number of aromatic hydroxyl groups is 2. The molecule has 0 aliphatic carbocycles. The summed E-state index contributed by atoms with van der Waals surface area (Å²) in [5, 5.41) is 25.4. The predicted octanol–water partition coefficient (Wildman–Crippen LogP) is 1.97. The summed E-state index contributed by atoms with van der Waals surface area (Å²) in [4.78, 5) is 11.6. The lowest BCUT2D eigenvalue weighted by atomic mass is 10.2. The molecule has 0 spiro atoms. The summed E-state index contributed by atoms with van der Waals surface area (Å²) in [7, 11) is 0. The fourth-order valence-electron chi connectivity index (χ4n) is 1.71. The largest absolute Gasteiger partial charge is 0.508 e. The molecule has 0 aliphatic rings. The molecule has 0 saturated heterocycles. The molecule has 0 bridgehead atoms. The average Bonchev–Trinajstić information content (AvgIpc) is 2.49. The van der Waals surface area contributed by atoms with Crippen molar-refractivity contribution in [3.63, 3.8) is 0 Å². The monoisotopic (exact) mass is 299 g/mol. The number of nitrogens with zero attached hydrogens (tertiary/aromatic N) is 1. The highest BCUT2D eigenvalue weighted by Gasteiger charge is 2.01. The van der Waals surface area contributed by atoms with Crippen molar-refractivity contribution in [2.75, 3.05) is 11.9 Å². The Hall–Kier alpha value is -3.02. The lowest BCUT2D eigenvalue weighted by Gasteiger charge is -2.05. The maximum atomic E-state index is 11.6. The van der Waals surface area contributed by atoms with Crippen molar-refractivity contribution in [1.29, 1.82) is 0 Å². The first kappa shape index (κ1) is 15.4. The van der Waals surface area contributed by atoms with Gasteiger partial charge in [0.1, 0.15) is 11.5 Å². The summed E-state index contributed by atoms with van der Waals surface area (Å²) >= 11 is 0. The lowest BCUT2D eigenvalue weighted by molar-refractivity contribution is -0.119. The number of hydrogen-bond donors (Lipinski definition) is 4. The van der Waals surface area contributed by atoms with Crippen LogP contribution in [0.25, 0.3) is 0 Å². The number of anilines is 1. The summed E-state index contributed by atoms with van der Waals surface area (Å²) in [6, 6.07) is 11.8. The number of aryl methyl sites for hydroxylation is 1. The normalized spacial score (nSPS) is 10.6. The highest BCUT2D eigenvalue weighted by Crippen LogP contribution is 2.20. The number of carbonyl (C=O) groups excluding carboxylic acids is 1. The Bertz CT molecular complexity index is 682. The zero-order valence-corrected chi connectivity index (χ0v) is 12.1. The Morgan fingerprint density at radius 1 is 1.18 bits per heavy atom. The van der Waals surface area contributed by atoms with E-state index in [0.29, 0.717) is 5.56 Å². The van der Waals surface area contributed by atoms with Crippen LogP contribution in [0.5, 0.6) is 11.5 Å². The highest BCUT2D eigenvalue weighted by molar-refractivity contribution is 5.86. The minimum absolute atomic E-state index is 0.0408. The minimum Gasteiger partial charge on any atom is -0.508 e. The molecule has 6 heteroatoms. The summed E-state index contributed by atoms with van der Waals surface area (Å²) in [5.41, 5.74) is 4.74. The fourth-order valence-corrected chi connectivity index (χ4v) is 1.71. The van der Waals surface area contributed by atoms with Crippen LogP contribution in [0.2, 0.25) is 0 Å². The SMILES string of the molecule is Cc1ccc(NCC(=O)NN=Cc2ccc(O)cc2O)cc1. The first-order valence-electron chi connectivity index (χ1n) is 6.69. The second-order valence-corrected chi connectivity index (χ2v) is 4.76. The quantitative estimate of drug-likeness (QED) is 0.501. The lowest BCUT2D eigenvalue weighted by Crippen LogP contribution is -2.25. The standard InChI is InChI=1S/C16H17N3O3/c1-11-2-5-13(6-3-11)17-10-16(22)19-18-9-12-4-7-14(20)8-15(12)21/h2-9,17,20-21H,10H2,1H3,(H,19,22). The third-order valence-electron chi connectivity index (χ3n) is 2.91. The van der Waals surface area contributed by atoms with Crippen LogP contribution in [0.1, 0.15) is 11.1 Å². The number of amides is 1. The molecule has 0 aromatic heterocycles. The van der Waals surface area contributed by atoms with E-state index in [2.05, 4.69) is 15.8 Å². The maximum absolute atomic E-state index is 11.6. The van der Waals surface area contributed by atoms with Crippen molar-refractivity contribution < 1.29 is 15.0 Å². The molecular weight excluding hydrogens is 282 g/mol. The van der Waals surface area contributed by atoms with Crippen LogP contribution < -0.4 is 10.7 Å². The van der Waals surface area contributed by atoms with Gasteiger partial charge in [0.25, 0.3) is 5.91 Å². The molecule has 114 valence electrons. The van der Waals surface area contributed by atoms with Gasteiger partial charge in [-0.2, -0.15) is 5.10 Å². The van der Waals surface area contributed by atoms with Crippen molar-refractivity contribution in [2.45, 2.75) is 6.92 Å². The number of hydrogen-bond acceptors (Lipinski definition) is 5. The molecule has 0 aliphatic heterocycles. The van der Waals surface area contributed by atoms with E-state index in [4.69, 9.17) is 5.11 Å². The van der Waals surface area contributed by atoms with Gasteiger partial charge in [-0.1, -0.05) is 17.7 Å². The number of hydrazone groups is 1. The van der Waals surface area contributed by atoms with E-state index in [1.165, 1.54) is 24.4 Å². The van der Waals surface area contributed by atoms with Gasteiger partial charge in [-0.05, 0) is 31.2 Å². The smallest absolute Gasteiger partial charge is 0.259 e. The van der Waals surface area contributed by atoms with Crippen molar-refractivity contribution in [1.82, 2.24) is 5.43 Å². The predicted molar refractivity (Wildman–Crippen MR) is 85.2 cm³/mol. The molecular formula is C16H17N3O3. The van der Waals surface area contributed by atoms with Crippen LogP contribution in [0, 0.1) is 6.92 Å². The van der Waals surface area contributed by atoms with Gasteiger partial charge in [0.2, 0.25) is 0 Å². The van der Waals surface area contributed by atoms with E-state index in [1.54, 1.807) is 0 Å². The van der Waals surface area contributed by atoms with Crippen LogP contribution in [-0.4, -0.2) is 28.9 Å². The first-order chi connectivity index (χ1) is 10.5. The third-order valence-corrected chi connectivity index (χ3v) is 2.91. The third kappa shape index (κ3) is 4.52. The van der Waals surface area contributed by atoms with Crippen LogP contribution in [0.4, 0.5) is 5.69 Å².